The van der Waals surface area contributed by atoms with Gasteiger partial charge in [0.25, 0.3) is 0 Å². The van der Waals surface area contributed by atoms with Crippen molar-refractivity contribution in [1.82, 2.24) is 0 Å². The summed E-state index contributed by atoms with van der Waals surface area (Å²) in [7, 11) is 0. The van der Waals surface area contributed by atoms with E-state index in [2.05, 4.69) is 31.2 Å². The lowest BCUT2D eigenvalue weighted by Gasteiger charge is -2.28. The molecule has 0 heterocycles. The summed E-state index contributed by atoms with van der Waals surface area (Å²) < 4.78 is 6.06. The number of hydrogen-bond donors (Lipinski definition) is 2. The Morgan fingerprint density at radius 1 is 1.00 bits per heavy atom. The molecule has 0 aromatic heterocycles. The molecule has 0 amide bonds. The zero-order valence-electron chi connectivity index (χ0n) is 16.2. The Morgan fingerprint density at radius 3 is 2.45 bits per heavy atom. The molecule has 4 rings (SSSR count). The minimum absolute atomic E-state index is 0. The monoisotopic (exact) mass is 409 g/mol. The van der Waals surface area contributed by atoms with Gasteiger partial charge in [0.2, 0.25) is 0 Å². The highest BCUT2D eigenvalue weighted by molar-refractivity contribution is 5.85. The van der Waals surface area contributed by atoms with E-state index in [1.165, 1.54) is 5.56 Å². The highest BCUT2D eigenvalue weighted by atomic mass is 35.5. The normalized spacial score (nSPS) is 17.7. The fourth-order valence-electron chi connectivity index (χ4n) is 3.81. The van der Waals surface area contributed by atoms with Gasteiger partial charge >= 0.3 is 5.97 Å². The van der Waals surface area contributed by atoms with Crippen molar-refractivity contribution >= 4 is 18.4 Å². The molecule has 0 saturated heterocycles. The summed E-state index contributed by atoms with van der Waals surface area (Å²) in [6.45, 7) is 2.07. The summed E-state index contributed by atoms with van der Waals surface area (Å²) in [6.07, 6.45) is 1.48. The summed E-state index contributed by atoms with van der Waals surface area (Å²) in [4.78, 5) is 11.7. The molecule has 1 aliphatic rings. The zero-order chi connectivity index (χ0) is 19.7. The number of aryl methyl sites for hydroxylation is 2. The molecule has 150 valence electrons. The van der Waals surface area contributed by atoms with Crippen LogP contribution in [0.15, 0.2) is 66.7 Å². The number of carboxylic acid groups (broad SMARTS) is 1. The Balaban J connectivity index is 0.00000240. The summed E-state index contributed by atoms with van der Waals surface area (Å²) in [5.41, 5.74) is 11.3. The molecule has 3 aromatic carbocycles. The van der Waals surface area contributed by atoms with Crippen molar-refractivity contribution in [1.29, 1.82) is 0 Å². The summed E-state index contributed by atoms with van der Waals surface area (Å²) in [6, 6.07) is 21.5. The second-order valence-electron chi connectivity index (χ2n) is 7.37. The van der Waals surface area contributed by atoms with Crippen LogP contribution in [0, 0.1) is 6.92 Å². The maximum absolute atomic E-state index is 11.7. The zero-order valence-corrected chi connectivity index (χ0v) is 17.0. The van der Waals surface area contributed by atoms with Crippen LogP contribution in [-0.4, -0.2) is 17.1 Å². The third kappa shape index (κ3) is 4.44. The van der Waals surface area contributed by atoms with Crippen molar-refractivity contribution in [2.45, 2.75) is 31.7 Å². The molecule has 0 radical (unpaired) electrons. The summed E-state index contributed by atoms with van der Waals surface area (Å²) in [5, 5.41) is 9.60. The molecule has 3 N–H and O–H groups in total. The van der Waals surface area contributed by atoms with Gasteiger partial charge in [0.15, 0.2) is 0 Å². The number of rotatable bonds is 4. The molecule has 5 heteroatoms. The van der Waals surface area contributed by atoms with Gasteiger partial charge in [0.1, 0.15) is 11.5 Å². The molecule has 0 bridgehead atoms. The van der Waals surface area contributed by atoms with Crippen LogP contribution in [0.25, 0.3) is 11.1 Å². The number of aliphatic carboxylic acids is 1. The number of ether oxygens (including phenoxy) is 1. The molecular weight excluding hydrogens is 386 g/mol. The van der Waals surface area contributed by atoms with Gasteiger partial charge in [-0.2, -0.15) is 0 Å². The first-order valence-electron chi connectivity index (χ1n) is 9.47. The van der Waals surface area contributed by atoms with Gasteiger partial charge < -0.3 is 15.6 Å². The highest BCUT2D eigenvalue weighted by Crippen LogP contribution is 2.35. The van der Waals surface area contributed by atoms with Crippen molar-refractivity contribution in [3.8, 4) is 22.6 Å². The lowest BCUT2D eigenvalue weighted by atomic mass is 9.79. The van der Waals surface area contributed by atoms with Crippen molar-refractivity contribution < 1.29 is 14.6 Å². The van der Waals surface area contributed by atoms with E-state index < -0.39 is 11.9 Å². The number of halogens is 1. The van der Waals surface area contributed by atoms with Crippen molar-refractivity contribution in [2.24, 2.45) is 5.73 Å². The topological polar surface area (TPSA) is 72.5 Å². The quantitative estimate of drug-likeness (QED) is 0.611. The molecule has 2 atom stereocenters. The van der Waals surface area contributed by atoms with Gasteiger partial charge in [0, 0.05) is 6.04 Å². The number of carboxylic acids is 1. The lowest BCUT2D eigenvalue weighted by molar-refractivity contribution is -0.139. The molecule has 29 heavy (non-hydrogen) atoms. The molecule has 0 fully saturated rings. The molecule has 3 aromatic rings. The lowest BCUT2D eigenvalue weighted by Crippen LogP contribution is -2.37. The highest BCUT2D eigenvalue weighted by Gasteiger charge is 2.33. The maximum Gasteiger partial charge on any atom is 0.312 e. The number of nitrogens with two attached hydrogens (primary N) is 1. The van der Waals surface area contributed by atoms with Gasteiger partial charge in [0.05, 0.1) is 5.92 Å². The Bertz CT molecular complexity index is 1020. The number of hydrogen-bond acceptors (Lipinski definition) is 3. The Kier molecular flexibility index (Phi) is 6.26. The van der Waals surface area contributed by atoms with Crippen LogP contribution in [0.1, 0.15) is 29.0 Å². The van der Waals surface area contributed by atoms with Gasteiger partial charge in [-0.05, 0) is 66.3 Å². The van der Waals surface area contributed by atoms with E-state index in [0.717, 1.165) is 28.7 Å². The molecule has 1 aliphatic carbocycles. The average molecular weight is 410 g/mol. The predicted molar refractivity (Wildman–Crippen MR) is 117 cm³/mol. The van der Waals surface area contributed by atoms with Crippen LogP contribution in [0.5, 0.6) is 11.5 Å². The third-order valence-corrected chi connectivity index (χ3v) is 5.35. The van der Waals surface area contributed by atoms with Crippen LogP contribution in [0.2, 0.25) is 0 Å². The SMILES string of the molecule is Cc1ccc(-c2cccc(Oc3ccc4c(c3)C(C(=O)O)C(N)CC4)c2)cc1.Cl. The summed E-state index contributed by atoms with van der Waals surface area (Å²) >= 11 is 0. The van der Waals surface area contributed by atoms with Gasteiger partial charge in [-0.25, -0.2) is 0 Å². The van der Waals surface area contributed by atoms with Crippen LogP contribution < -0.4 is 10.5 Å². The second kappa shape index (κ2) is 8.68. The van der Waals surface area contributed by atoms with Crippen molar-refractivity contribution in [3.63, 3.8) is 0 Å². The molecule has 0 aliphatic heterocycles. The predicted octanol–water partition coefficient (Wildman–Crippen LogP) is 5.32. The smallest absolute Gasteiger partial charge is 0.312 e. The molecule has 2 unspecified atom stereocenters. The van der Waals surface area contributed by atoms with E-state index in [0.29, 0.717) is 17.9 Å². The molecular formula is C24H24ClNO3. The van der Waals surface area contributed by atoms with E-state index in [1.54, 1.807) is 0 Å². The van der Waals surface area contributed by atoms with Crippen LogP contribution in [0.3, 0.4) is 0 Å². The van der Waals surface area contributed by atoms with E-state index in [-0.39, 0.29) is 18.4 Å². The van der Waals surface area contributed by atoms with Gasteiger partial charge in [-0.1, -0.05) is 48.0 Å². The van der Waals surface area contributed by atoms with Crippen LogP contribution in [-0.2, 0) is 11.2 Å². The minimum atomic E-state index is -0.882. The van der Waals surface area contributed by atoms with Crippen molar-refractivity contribution in [3.05, 3.63) is 83.4 Å². The fourth-order valence-corrected chi connectivity index (χ4v) is 3.81. The average Bonchev–Trinajstić information content (AvgIpc) is 2.68. The molecule has 4 nitrogen and oxygen atoms in total. The van der Waals surface area contributed by atoms with Crippen LogP contribution >= 0.6 is 12.4 Å². The first kappa shape index (κ1) is 20.9. The molecule has 0 spiro atoms. The largest absolute Gasteiger partial charge is 0.481 e. The number of benzene rings is 3. The first-order chi connectivity index (χ1) is 13.5. The maximum atomic E-state index is 11.7. The second-order valence-corrected chi connectivity index (χ2v) is 7.37. The summed E-state index contributed by atoms with van der Waals surface area (Å²) in [5.74, 6) is -0.233. The molecule has 0 saturated carbocycles. The van der Waals surface area contributed by atoms with E-state index >= 15 is 0 Å². The Hall–Kier alpha value is -2.82. The standard InChI is InChI=1S/C24H23NO3.ClH/c1-15-5-7-16(8-6-15)18-3-2-4-19(13-18)28-20-11-9-17-10-12-22(25)23(24(26)27)21(17)14-20;/h2-9,11,13-14,22-23H,10,12,25H2,1H3,(H,26,27);1H. The van der Waals surface area contributed by atoms with Gasteiger partial charge in [-0.3, -0.25) is 4.79 Å². The van der Waals surface area contributed by atoms with Crippen LogP contribution in [0.4, 0.5) is 0 Å². The minimum Gasteiger partial charge on any atom is -0.481 e. The number of carbonyl (C=O) groups is 1. The third-order valence-electron chi connectivity index (χ3n) is 5.35. The number of fused-ring (bicyclic) bond motifs is 1. The van der Waals surface area contributed by atoms with E-state index in [1.807, 2.05) is 42.5 Å². The van der Waals surface area contributed by atoms with E-state index in [4.69, 9.17) is 10.5 Å². The Morgan fingerprint density at radius 2 is 1.72 bits per heavy atom. The fraction of sp³-hybridized carbons (Fsp3) is 0.208. The first-order valence-corrected chi connectivity index (χ1v) is 9.47. The van der Waals surface area contributed by atoms with Gasteiger partial charge in [-0.15, -0.1) is 12.4 Å². The Labute approximate surface area is 176 Å². The van der Waals surface area contributed by atoms with E-state index in [9.17, 15) is 9.90 Å². The van der Waals surface area contributed by atoms with Crippen molar-refractivity contribution in [2.75, 3.05) is 0 Å².